The van der Waals surface area contributed by atoms with Crippen LogP contribution in [0.5, 0.6) is 0 Å². The minimum absolute atomic E-state index is 0. The van der Waals surface area contributed by atoms with E-state index in [0.717, 1.165) is 0 Å². The second kappa shape index (κ2) is 16.3. The van der Waals surface area contributed by atoms with Crippen LogP contribution in [-0.2, 0) is 0 Å². The van der Waals surface area contributed by atoms with Gasteiger partial charge in [-0.1, -0.05) is 0 Å². The van der Waals surface area contributed by atoms with Crippen LogP contribution in [0.15, 0.2) is 0 Å². The first-order valence-electron chi connectivity index (χ1n) is 2.47. The van der Waals surface area contributed by atoms with Gasteiger partial charge in [0, 0.05) is 11.3 Å². The first-order chi connectivity index (χ1) is 3.68. The van der Waals surface area contributed by atoms with E-state index >= 15 is 0 Å². The van der Waals surface area contributed by atoms with E-state index in [1.54, 1.807) is 0 Å². The summed E-state index contributed by atoms with van der Waals surface area (Å²) < 4.78 is 0. The molecule has 1 atom stereocenters. The van der Waals surface area contributed by atoms with Crippen molar-refractivity contribution < 1.29 is 0 Å². The van der Waals surface area contributed by atoms with Crippen molar-refractivity contribution in [1.29, 1.82) is 0 Å². The Morgan fingerprint density at radius 3 is 1.56 bits per heavy atom. The van der Waals surface area contributed by atoms with Crippen molar-refractivity contribution in [3.05, 3.63) is 0 Å². The summed E-state index contributed by atoms with van der Waals surface area (Å²) in [4.78, 5) is 4.59. The summed E-state index contributed by atoms with van der Waals surface area (Å²) in [7, 11) is 0. The Kier molecular flexibility index (Phi) is 30.8. The van der Waals surface area contributed by atoms with E-state index in [1.165, 1.54) is 0 Å². The second-order valence-corrected chi connectivity index (χ2v) is 5.34. The van der Waals surface area contributed by atoms with E-state index in [-0.39, 0.29) is 38.9 Å². The molecule has 0 aliphatic heterocycles. The number of hydrogen-bond acceptors (Lipinski definition) is 0. The molecule has 0 aromatic heterocycles. The Bertz CT molecular complexity index is 33.4. The average molecular weight is 298 g/mol. The summed E-state index contributed by atoms with van der Waals surface area (Å²) in [5, 5.41) is 0.122. The third kappa shape index (κ3) is 42.2. The molecule has 1 unspecified atom stereocenters. The van der Waals surface area contributed by atoms with E-state index < -0.39 is 0 Å². The van der Waals surface area contributed by atoms with Crippen molar-refractivity contribution >= 4 is 56.8 Å². The Morgan fingerprint density at radius 1 is 1.44 bits per heavy atom. The maximum atomic E-state index is 5.33. The maximum absolute atomic E-state index is 5.33. The van der Waals surface area contributed by atoms with Crippen molar-refractivity contribution in [3.63, 3.8) is 0 Å². The molecular weight excluding hydrogens is 285 g/mol. The fraction of sp³-hybridized carbons (Fsp3) is 1.00. The number of hydrogen-bond donors (Lipinski definition) is 0. The van der Waals surface area contributed by atoms with Crippen molar-refractivity contribution in [3.8, 4) is 0 Å². The fourth-order valence-corrected chi connectivity index (χ4v) is 0. The van der Waals surface area contributed by atoms with Crippen molar-refractivity contribution in [2.45, 2.75) is 22.2 Å². The van der Waals surface area contributed by atoms with Gasteiger partial charge in [0.25, 0.3) is 0 Å². The van der Waals surface area contributed by atoms with Crippen molar-refractivity contribution in [2.75, 3.05) is 5.88 Å². The van der Waals surface area contributed by atoms with Crippen LogP contribution in [0.25, 0.3) is 0 Å². The summed E-state index contributed by atoms with van der Waals surface area (Å²) in [6.07, 6.45) is 0. The molecule has 58 valence electrons. The molecule has 0 aliphatic rings. The zero-order valence-corrected chi connectivity index (χ0v) is 11.1. The van der Waals surface area contributed by atoms with Crippen LogP contribution in [0.3, 0.4) is 0 Å². The first-order valence-corrected chi connectivity index (χ1v) is 9.15. The summed E-state index contributed by atoms with van der Waals surface area (Å²) in [5.74, 6) is 0.543. The van der Waals surface area contributed by atoms with Gasteiger partial charge in [-0.05, 0) is 6.92 Å². The summed E-state index contributed by atoms with van der Waals surface area (Å²) >= 11 is 10.8. The molecule has 0 heterocycles. The predicted octanol–water partition coefficient (Wildman–Crippen LogP) is 3.06. The van der Waals surface area contributed by atoms with Crippen LogP contribution in [-0.4, -0.2) is 32.4 Å². The Hall–Kier alpha value is 1.67. The molecule has 0 N–H and O–H groups in total. The molecule has 0 aromatic rings. The molecular formula is C5H13Cl3Sn. The van der Waals surface area contributed by atoms with Gasteiger partial charge < -0.3 is 0 Å². The first kappa shape index (κ1) is 17.0. The van der Waals surface area contributed by atoms with Gasteiger partial charge in [-0.3, -0.25) is 0 Å². The van der Waals surface area contributed by atoms with Crippen LogP contribution in [0.4, 0.5) is 0 Å². The van der Waals surface area contributed by atoms with Crippen LogP contribution < -0.4 is 0 Å². The molecule has 0 rings (SSSR count). The van der Waals surface area contributed by atoms with E-state index in [2.05, 4.69) is 9.88 Å². The van der Waals surface area contributed by atoms with Crippen molar-refractivity contribution in [2.24, 2.45) is 0 Å². The molecule has 0 aliphatic carbocycles. The number of rotatable bonds is 1. The molecule has 0 aromatic carbocycles. The molecule has 0 amide bonds. The Morgan fingerprint density at radius 2 is 1.56 bits per heavy atom. The molecule has 4 heteroatoms. The summed E-state index contributed by atoms with van der Waals surface area (Å²) in [6.45, 7) is 1.86. The van der Waals surface area contributed by atoms with Crippen molar-refractivity contribution in [1.82, 2.24) is 0 Å². The van der Waals surface area contributed by atoms with Gasteiger partial charge in [-0.15, -0.1) is 35.6 Å². The SMILES string of the molecule is CC(Cl)CCl.Cl.[CH3][Sn][CH3]. The van der Waals surface area contributed by atoms with E-state index in [4.69, 9.17) is 23.2 Å². The second-order valence-electron chi connectivity index (χ2n) is 1.44. The zero-order chi connectivity index (χ0) is 6.99. The molecule has 0 saturated carbocycles. The molecule has 9 heavy (non-hydrogen) atoms. The molecule has 0 nitrogen and oxygen atoms in total. The topological polar surface area (TPSA) is 0 Å². The van der Waals surface area contributed by atoms with E-state index in [0.29, 0.717) is 5.88 Å². The molecule has 0 spiro atoms. The van der Waals surface area contributed by atoms with Crippen LogP contribution in [0.2, 0.25) is 9.88 Å². The third-order valence-electron chi connectivity index (χ3n) is 0.213. The van der Waals surface area contributed by atoms with Gasteiger partial charge in [-0.25, -0.2) is 0 Å². The quantitative estimate of drug-likeness (QED) is 0.515. The number of halogens is 3. The predicted molar refractivity (Wildman–Crippen MR) is 50.8 cm³/mol. The Labute approximate surface area is 84.3 Å². The van der Waals surface area contributed by atoms with Gasteiger partial charge in [-0.2, -0.15) is 0 Å². The minimum atomic E-state index is 0. The monoisotopic (exact) mass is 298 g/mol. The van der Waals surface area contributed by atoms with Gasteiger partial charge >= 0.3 is 31.0 Å². The molecule has 0 bridgehead atoms. The fourth-order valence-electron chi connectivity index (χ4n) is 0. The van der Waals surface area contributed by atoms with E-state index in [1.807, 2.05) is 6.92 Å². The van der Waals surface area contributed by atoms with Gasteiger partial charge in [0.05, 0.1) is 0 Å². The Balaban J connectivity index is -0.0000000800. The molecule has 2 radical (unpaired) electrons. The van der Waals surface area contributed by atoms with E-state index in [9.17, 15) is 0 Å². The van der Waals surface area contributed by atoms with Gasteiger partial charge in [0.15, 0.2) is 0 Å². The van der Waals surface area contributed by atoms with Gasteiger partial charge in [0.1, 0.15) is 0 Å². The van der Waals surface area contributed by atoms with Crippen LogP contribution >= 0.6 is 35.6 Å². The normalized spacial score (nSPS) is 10.3. The summed E-state index contributed by atoms with van der Waals surface area (Å²) in [6, 6.07) is 0. The zero-order valence-electron chi connectivity index (χ0n) is 5.95. The molecule has 0 saturated heterocycles. The summed E-state index contributed by atoms with van der Waals surface area (Å²) in [5.41, 5.74) is 0. The van der Waals surface area contributed by atoms with Crippen LogP contribution in [0, 0.1) is 0 Å². The number of alkyl halides is 2. The van der Waals surface area contributed by atoms with Crippen LogP contribution in [0.1, 0.15) is 6.92 Å². The molecule has 0 fully saturated rings. The third-order valence-corrected chi connectivity index (χ3v) is 0.988. The van der Waals surface area contributed by atoms with Gasteiger partial charge in [0.2, 0.25) is 0 Å². The standard InChI is InChI=1S/C3H6Cl2.2CH3.ClH.Sn/c1-3(5)2-4;;;;/h3H,2H2,1H3;2*1H3;1H;. The average Bonchev–Trinajstić information content (AvgIpc) is 1.69.